The van der Waals surface area contributed by atoms with Crippen LogP contribution in [0.25, 0.3) is 11.1 Å². The van der Waals surface area contributed by atoms with Crippen molar-refractivity contribution in [2.45, 2.75) is 68.9 Å². The van der Waals surface area contributed by atoms with Crippen LogP contribution in [0.2, 0.25) is 0 Å². The van der Waals surface area contributed by atoms with Crippen molar-refractivity contribution in [1.29, 1.82) is 0 Å². The SMILES string of the molecule is Nc1ccccc1NC(=O)CCCCC(=O)NCc1cccc(-c2ccc([C@H]3O[C@@H](CSc4ncn[nH]4)C[C@@H](c4ccc(CO)cc4)O3)cc2)c1. The first kappa shape index (κ1) is 35.8. The van der Waals surface area contributed by atoms with E-state index in [0.717, 1.165) is 38.5 Å². The molecule has 1 aromatic heterocycles. The summed E-state index contributed by atoms with van der Waals surface area (Å²) in [6.07, 6.45) is 3.23. The molecule has 264 valence electrons. The summed E-state index contributed by atoms with van der Waals surface area (Å²) in [7, 11) is 0. The van der Waals surface area contributed by atoms with Gasteiger partial charge in [-0.05, 0) is 58.9 Å². The number of unbranched alkanes of at least 4 members (excludes halogenated alkanes) is 1. The van der Waals surface area contributed by atoms with Gasteiger partial charge in [0.05, 0.1) is 30.2 Å². The maximum absolute atomic E-state index is 12.5. The van der Waals surface area contributed by atoms with Gasteiger partial charge in [0.1, 0.15) is 6.33 Å². The zero-order valence-electron chi connectivity index (χ0n) is 28.2. The molecule has 4 aromatic carbocycles. The van der Waals surface area contributed by atoms with Crippen molar-refractivity contribution in [1.82, 2.24) is 20.5 Å². The van der Waals surface area contributed by atoms with Gasteiger partial charge in [-0.1, -0.05) is 90.6 Å². The summed E-state index contributed by atoms with van der Waals surface area (Å²) >= 11 is 1.56. The number of nitrogens with two attached hydrogens (primary N) is 1. The second-order valence-electron chi connectivity index (χ2n) is 12.4. The highest BCUT2D eigenvalue weighted by molar-refractivity contribution is 7.99. The minimum atomic E-state index is -0.561. The zero-order valence-corrected chi connectivity index (χ0v) is 29.0. The number of nitrogen functional groups attached to an aromatic ring is 1. The molecule has 51 heavy (non-hydrogen) atoms. The molecule has 1 fully saturated rings. The van der Waals surface area contributed by atoms with E-state index >= 15 is 0 Å². The number of amides is 2. The summed E-state index contributed by atoms with van der Waals surface area (Å²) in [5, 5.41) is 22.9. The fourth-order valence-corrected chi connectivity index (χ4v) is 6.63. The highest BCUT2D eigenvalue weighted by atomic mass is 32.2. The van der Waals surface area contributed by atoms with Gasteiger partial charge < -0.3 is 30.9 Å². The Morgan fingerprint density at radius 3 is 2.37 bits per heavy atom. The molecule has 0 saturated carbocycles. The van der Waals surface area contributed by atoms with Crippen LogP contribution in [0.4, 0.5) is 11.4 Å². The van der Waals surface area contributed by atoms with Crippen molar-refractivity contribution in [3.05, 3.63) is 126 Å². The van der Waals surface area contributed by atoms with Crippen molar-refractivity contribution in [3.8, 4) is 11.1 Å². The number of hydrogen-bond donors (Lipinski definition) is 5. The van der Waals surface area contributed by atoms with Crippen LogP contribution in [0, 0.1) is 0 Å². The second kappa shape index (κ2) is 17.8. The van der Waals surface area contributed by atoms with E-state index in [0.29, 0.717) is 55.8 Å². The van der Waals surface area contributed by atoms with Crippen molar-refractivity contribution >= 4 is 35.0 Å². The summed E-state index contributed by atoms with van der Waals surface area (Å²) in [5.74, 6) is 0.516. The van der Waals surface area contributed by atoms with Gasteiger partial charge in [-0.2, -0.15) is 5.10 Å². The smallest absolute Gasteiger partial charge is 0.224 e. The number of benzene rings is 4. The van der Waals surface area contributed by atoms with E-state index in [1.54, 1.807) is 23.9 Å². The average Bonchev–Trinajstić information content (AvgIpc) is 3.70. The van der Waals surface area contributed by atoms with Gasteiger partial charge in [0.2, 0.25) is 11.8 Å². The van der Waals surface area contributed by atoms with Crippen LogP contribution in [0.15, 0.2) is 109 Å². The van der Waals surface area contributed by atoms with E-state index in [-0.39, 0.29) is 30.6 Å². The van der Waals surface area contributed by atoms with E-state index in [9.17, 15) is 14.7 Å². The van der Waals surface area contributed by atoms with Gasteiger partial charge in [0, 0.05) is 37.1 Å². The summed E-state index contributed by atoms with van der Waals surface area (Å²) in [5.41, 5.74) is 12.9. The number of nitrogens with zero attached hydrogens (tertiary/aromatic N) is 2. The minimum absolute atomic E-state index is 0.00651. The van der Waals surface area contributed by atoms with Crippen LogP contribution in [0.5, 0.6) is 0 Å². The lowest BCUT2D eigenvalue weighted by Gasteiger charge is -2.36. The van der Waals surface area contributed by atoms with Crippen molar-refractivity contribution in [2.24, 2.45) is 0 Å². The summed E-state index contributed by atoms with van der Waals surface area (Å²) in [6, 6.07) is 31.3. The number of thioether (sulfide) groups is 1. The van der Waals surface area contributed by atoms with E-state index in [1.165, 1.54) is 6.33 Å². The number of nitrogens with one attached hydrogen (secondary N) is 3. The number of H-pyrrole nitrogens is 1. The molecule has 2 amide bonds. The molecule has 0 unspecified atom stereocenters. The first-order valence-electron chi connectivity index (χ1n) is 17.0. The first-order valence-corrected chi connectivity index (χ1v) is 18.0. The zero-order chi connectivity index (χ0) is 35.4. The number of aromatic nitrogens is 3. The molecule has 0 spiro atoms. The first-order chi connectivity index (χ1) is 24.9. The van der Waals surface area contributed by atoms with Gasteiger partial charge in [0.25, 0.3) is 0 Å². The van der Waals surface area contributed by atoms with Crippen LogP contribution in [0.1, 0.15) is 66.8 Å². The van der Waals surface area contributed by atoms with Gasteiger partial charge in [-0.25, -0.2) is 4.98 Å². The Bertz CT molecular complexity index is 1870. The molecule has 0 aliphatic carbocycles. The molecule has 5 aromatic rings. The number of carbonyl (C=O) groups excluding carboxylic acids is 2. The quantitative estimate of drug-likeness (QED) is 0.0453. The number of para-hydroxylation sites is 2. The Hall–Kier alpha value is -5.01. The summed E-state index contributed by atoms with van der Waals surface area (Å²) < 4.78 is 13.0. The molecule has 0 bridgehead atoms. The van der Waals surface area contributed by atoms with E-state index in [2.05, 4.69) is 44.0 Å². The molecule has 12 heteroatoms. The van der Waals surface area contributed by atoms with Crippen LogP contribution in [0.3, 0.4) is 0 Å². The molecule has 3 atom stereocenters. The van der Waals surface area contributed by atoms with E-state index in [4.69, 9.17) is 15.2 Å². The van der Waals surface area contributed by atoms with Gasteiger partial charge >= 0.3 is 0 Å². The maximum Gasteiger partial charge on any atom is 0.224 e. The average molecular weight is 707 g/mol. The highest BCUT2D eigenvalue weighted by Crippen LogP contribution is 2.39. The molecule has 1 aliphatic rings. The van der Waals surface area contributed by atoms with Gasteiger partial charge in [0.15, 0.2) is 11.4 Å². The molecule has 1 saturated heterocycles. The lowest BCUT2D eigenvalue weighted by Crippen LogP contribution is -2.31. The molecule has 6 N–H and O–H groups in total. The molecule has 11 nitrogen and oxygen atoms in total. The second-order valence-corrected chi connectivity index (χ2v) is 13.4. The third kappa shape index (κ3) is 10.3. The number of aliphatic hydroxyl groups is 1. The minimum Gasteiger partial charge on any atom is -0.397 e. The molecular weight excluding hydrogens is 665 g/mol. The number of rotatable bonds is 15. The van der Waals surface area contributed by atoms with Gasteiger partial charge in [-0.3, -0.25) is 14.7 Å². The lowest BCUT2D eigenvalue weighted by molar-refractivity contribution is -0.245. The monoisotopic (exact) mass is 706 g/mol. The van der Waals surface area contributed by atoms with Crippen LogP contribution in [-0.4, -0.2) is 44.0 Å². The Morgan fingerprint density at radius 1 is 0.863 bits per heavy atom. The Labute approximate surface area is 301 Å². The largest absolute Gasteiger partial charge is 0.397 e. The van der Waals surface area contributed by atoms with Crippen LogP contribution in [-0.2, 0) is 32.2 Å². The molecule has 1 aliphatic heterocycles. The number of aliphatic hydroxyl groups excluding tert-OH is 1. The van der Waals surface area contributed by atoms with E-state index in [1.807, 2.05) is 66.7 Å². The van der Waals surface area contributed by atoms with Crippen molar-refractivity contribution in [3.63, 3.8) is 0 Å². The predicted molar refractivity (Wildman–Crippen MR) is 197 cm³/mol. The Kier molecular flexibility index (Phi) is 12.5. The Morgan fingerprint density at radius 2 is 1.63 bits per heavy atom. The van der Waals surface area contributed by atoms with Crippen LogP contribution < -0.4 is 16.4 Å². The fraction of sp³-hybridized carbons (Fsp3) is 0.282. The Balaban J connectivity index is 1.01. The van der Waals surface area contributed by atoms with Gasteiger partial charge in [-0.15, -0.1) is 0 Å². The molecule has 0 radical (unpaired) electrons. The molecule has 6 rings (SSSR count). The maximum atomic E-state index is 12.5. The summed E-state index contributed by atoms with van der Waals surface area (Å²) in [6.45, 7) is 0.407. The third-order valence-electron chi connectivity index (χ3n) is 8.64. The number of aromatic amines is 1. The number of anilines is 2. The van der Waals surface area contributed by atoms with E-state index < -0.39 is 6.29 Å². The van der Waals surface area contributed by atoms with Crippen molar-refractivity contribution in [2.75, 3.05) is 16.8 Å². The standard InChI is InChI=1S/C39H42N6O5S/c40-33-8-1-2-9-34(33)44-37(48)11-4-3-10-36(47)41-22-27-6-5-7-31(20-27)28-16-18-30(19-17-28)38-49-32(24-51-39-42-25-43-45-39)21-35(50-38)29-14-12-26(23-46)13-15-29/h1-2,5-9,12-20,25,32,35,38,46H,3-4,10-11,21-24,40H2,(H,41,47)(H,44,48)(H,42,43,45)/t32-,35+,38+/m1/s1. The number of hydrogen-bond acceptors (Lipinski definition) is 9. The normalized spacial score (nSPS) is 17.2. The topological polar surface area (TPSA) is 164 Å². The lowest BCUT2D eigenvalue weighted by atomic mass is 9.99. The summed E-state index contributed by atoms with van der Waals surface area (Å²) in [4.78, 5) is 29.0. The highest BCUT2D eigenvalue weighted by Gasteiger charge is 2.32. The predicted octanol–water partition coefficient (Wildman–Crippen LogP) is 6.70. The molecular formula is C39H42N6O5S. The van der Waals surface area contributed by atoms with Crippen molar-refractivity contribution < 1.29 is 24.2 Å². The fourth-order valence-electron chi connectivity index (χ4n) is 5.84. The third-order valence-corrected chi connectivity index (χ3v) is 9.65. The number of ether oxygens (including phenoxy) is 2. The molecule has 2 heterocycles. The number of carbonyl (C=O) groups is 2. The van der Waals surface area contributed by atoms with Crippen LogP contribution >= 0.6 is 11.8 Å².